The summed E-state index contributed by atoms with van der Waals surface area (Å²) in [4.78, 5) is 44.2. The lowest BCUT2D eigenvalue weighted by atomic mass is 10.0. The molecule has 0 saturated carbocycles. The fraction of sp³-hybridized carbons (Fsp3) is 0.211. The molecule has 0 unspecified atom stereocenters. The number of benzene rings is 2. The van der Waals surface area contributed by atoms with Gasteiger partial charge in [-0.15, -0.1) is 0 Å². The number of nitro groups is 1. The largest absolute Gasteiger partial charge is 0.478 e. The van der Waals surface area contributed by atoms with Crippen LogP contribution in [-0.4, -0.2) is 50.5 Å². The first-order chi connectivity index (χ1) is 14.6. The van der Waals surface area contributed by atoms with Crippen molar-refractivity contribution < 1.29 is 34.3 Å². The molecule has 10 nitrogen and oxygen atoms in total. The van der Waals surface area contributed by atoms with Crippen LogP contribution in [0.4, 0.5) is 5.69 Å². The number of hydrogen-bond donors (Lipinski definition) is 3. The predicted molar refractivity (Wildman–Crippen MR) is 109 cm³/mol. The molecule has 2 aromatic carbocycles. The second-order valence-corrected chi connectivity index (χ2v) is 7.25. The number of hydrogen-bond acceptors (Lipinski definition) is 7. The van der Waals surface area contributed by atoms with Crippen molar-refractivity contribution in [3.63, 3.8) is 0 Å². The number of aliphatic hydroxyl groups excluding tert-OH is 1. The number of nitro benzene ring substituents is 1. The number of aromatic carboxylic acids is 1. The first-order valence-electron chi connectivity index (χ1n) is 8.62. The van der Waals surface area contributed by atoms with Crippen molar-refractivity contribution in [2.75, 3.05) is 6.61 Å². The number of carbonyl (C=O) groups is 3. The quantitative estimate of drug-likeness (QED) is 0.218. The number of aliphatic hydroxyl groups is 1. The van der Waals surface area contributed by atoms with Crippen LogP contribution in [0.25, 0.3) is 0 Å². The van der Waals surface area contributed by atoms with Gasteiger partial charge in [-0.2, -0.15) is 0 Å². The van der Waals surface area contributed by atoms with E-state index in [-0.39, 0.29) is 22.4 Å². The van der Waals surface area contributed by atoms with Gasteiger partial charge >= 0.3 is 11.9 Å². The average Bonchev–Trinajstić information content (AvgIpc) is 2.75. The zero-order chi connectivity index (χ0) is 23.1. The number of alkyl halides is 2. The third-order valence-corrected chi connectivity index (χ3v) is 4.52. The maximum atomic E-state index is 12.4. The van der Waals surface area contributed by atoms with Gasteiger partial charge in [0, 0.05) is 12.1 Å². The number of carboxylic acids is 1. The van der Waals surface area contributed by atoms with E-state index >= 15 is 0 Å². The summed E-state index contributed by atoms with van der Waals surface area (Å²) in [5.74, 6) is -3.21. The summed E-state index contributed by atoms with van der Waals surface area (Å²) in [5.41, 5.74) is -0.545. The molecule has 1 amide bonds. The van der Waals surface area contributed by atoms with Crippen LogP contribution in [0.5, 0.6) is 0 Å². The van der Waals surface area contributed by atoms with Crippen LogP contribution in [0, 0.1) is 10.1 Å². The predicted octanol–water partition coefficient (Wildman–Crippen LogP) is 2.47. The Kier molecular flexibility index (Phi) is 8.31. The average molecular weight is 471 g/mol. The number of amides is 1. The smallest absolute Gasteiger partial charge is 0.339 e. The molecule has 0 aliphatic heterocycles. The van der Waals surface area contributed by atoms with E-state index in [1.54, 1.807) is 0 Å². The minimum Gasteiger partial charge on any atom is -0.478 e. The number of esters is 1. The molecule has 12 heteroatoms. The van der Waals surface area contributed by atoms with Crippen molar-refractivity contribution in [2.45, 2.75) is 17.0 Å². The van der Waals surface area contributed by atoms with Gasteiger partial charge in [0.2, 0.25) is 0 Å². The molecule has 0 aromatic heterocycles. The zero-order valence-electron chi connectivity index (χ0n) is 15.6. The number of non-ortho nitro benzene ring substituents is 1. The Morgan fingerprint density at radius 1 is 1.06 bits per heavy atom. The van der Waals surface area contributed by atoms with Gasteiger partial charge in [0.15, 0.2) is 4.84 Å². The molecule has 164 valence electrons. The Labute approximate surface area is 185 Å². The number of nitrogens with zero attached hydrogens (tertiary/aromatic N) is 1. The van der Waals surface area contributed by atoms with Gasteiger partial charge in [-0.3, -0.25) is 14.9 Å². The van der Waals surface area contributed by atoms with Crippen LogP contribution >= 0.6 is 23.2 Å². The molecule has 0 aliphatic carbocycles. The molecule has 2 aromatic rings. The van der Waals surface area contributed by atoms with E-state index in [1.807, 2.05) is 0 Å². The fourth-order valence-electron chi connectivity index (χ4n) is 2.57. The zero-order valence-corrected chi connectivity index (χ0v) is 17.1. The Bertz CT molecular complexity index is 981. The number of rotatable bonds is 9. The van der Waals surface area contributed by atoms with Gasteiger partial charge in [0.25, 0.3) is 11.6 Å². The molecule has 0 aliphatic rings. The third kappa shape index (κ3) is 6.38. The standard InChI is InChI=1S/C19H16Cl2N2O8/c20-16(21)17(25)22-14(15(24)10-5-7-11(8-6-10)23(29)30)9-31-19(28)13-4-2-1-3-12(13)18(26)27/h1-8,14-16,24H,9H2,(H,22,25)(H,26,27)/t14-,15-/m1/s1. The molecule has 0 radical (unpaired) electrons. The van der Waals surface area contributed by atoms with Crippen LogP contribution in [0.1, 0.15) is 32.4 Å². The van der Waals surface area contributed by atoms with Crippen LogP contribution < -0.4 is 5.32 Å². The van der Waals surface area contributed by atoms with Crippen LogP contribution in [0.15, 0.2) is 48.5 Å². The SMILES string of the molecule is O=C(O)c1ccccc1C(=O)OC[C@@H](NC(=O)C(Cl)Cl)[C@H](O)c1ccc([N+](=O)[O-])cc1. The highest BCUT2D eigenvalue weighted by atomic mass is 35.5. The van der Waals surface area contributed by atoms with Crippen LogP contribution in [0.2, 0.25) is 0 Å². The van der Waals surface area contributed by atoms with E-state index in [0.29, 0.717) is 0 Å². The topological polar surface area (TPSA) is 156 Å². The van der Waals surface area contributed by atoms with E-state index < -0.39 is 46.4 Å². The normalized spacial score (nSPS) is 12.6. The lowest BCUT2D eigenvalue weighted by molar-refractivity contribution is -0.384. The molecule has 3 N–H and O–H groups in total. The van der Waals surface area contributed by atoms with Crippen molar-refractivity contribution in [3.8, 4) is 0 Å². The van der Waals surface area contributed by atoms with E-state index in [4.69, 9.17) is 27.9 Å². The Balaban J connectivity index is 2.21. The first kappa shape index (κ1) is 24.1. The Morgan fingerprint density at radius 3 is 2.16 bits per heavy atom. The molecular weight excluding hydrogens is 455 g/mol. The van der Waals surface area contributed by atoms with Crippen LogP contribution in [0.3, 0.4) is 0 Å². The van der Waals surface area contributed by atoms with Gasteiger partial charge in [0.1, 0.15) is 12.7 Å². The first-order valence-corrected chi connectivity index (χ1v) is 9.49. The number of carboxylic acid groups (broad SMARTS) is 1. The lowest BCUT2D eigenvalue weighted by Gasteiger charge is -2.24. The number of carbonyl (C=O) groups excluding carboxylic acids is 2. The second kappa shape index (κ2) is 10.7. The van der Waals surface area contributed by atoms with E-state index in [2.05, 4.69) is 5.32 Å². The molecular formula is C19H16Cl2N2O8. The van der Waals surface area contributed by atoms with E-state index in [9.17, 15) is 34.7 Å². The summed E-state index contributed by atoms with van der Waals surface area (Å²) in [5, 5.41) is 32.9. The van der Waals surface area contributed by atoms with Gasteiger partial charge in [-0.05, 0) is 29.8 Å². The molecule has 0 bridgehead atoms. The highest BCUT2D eigenvalue weighted by molar-refractivity contribution is 6.53. The van der Waals surface area contributed by atoms with Gasteiger partial charge < -0.3 is 20.3 Å². The number of ether oxygens (including phenoxy) is 1. The van der Waals surface area contributed by atoms with Gasteiger partial charge in [-0.25, -0.2) is 9.59 Å². The molecule has 0 fully saturated rings. The molecule has 0 spiro atoms. The van der Waals surface area contributed by atoms with Crippen molar-refractivity contribution >= 4 is 46.7 Å². The maximum Gasteiger partial charge on any atom is 0.339 e. The summed E-state index contributed by atoms with van der Waals surface area (Å²) in [7, 11) is 0. The highest BCUT2D eigenvalue weighted by Gasteiger charge is 2.28. The number of nitrogens with one attached hydrogen (secondary N) is 1. The molecule has 0 heterocycles. The van der Waals surface area contributed by atoms with Crippen molar-refractivity contribution in [2.24, 2.45) is 0 Å². The summed E-state index contributed by atoms with van der Waals surface area (Å²) in [6.45, 7) is -0.572. The maximum absolute atomic E-state index is 12.4. The van der Waals surface area contributed by atoms with E-state index in [1.165, 1.54) is 36.4 Å². The van der Waals surface area contributed by atoms with Crippen molar-refractivity contribution in [3.05, 3.63) is 75.3 Å². The van der Waals surface area contributed by atoms with Crippen LogP contribution in [-0.2, 0) is 9.53 Å². The third-order valence-electron chi connectivity index (χ3n) is 4.12. The minimum atomic E-state index is -1.48. The summed E-state index contributed by atoms with van der Waals surface area (Å²) in [6, 6.07) is 8.94. The molecule has 0 saturated heterocycles. The van der Waals surface area contributed by atoms with Gasteiger partial charge in [0.05, 0.1) is 22.1 Å². The van der Waals surface area contributed by atoms with E-state index in [0.717, 1.165) is 12.1 Å². The summed E-state index contributed by atoms with van der Waals surface area (Å²) < 4.78 is 5.09. The lowest BCUT2D eigenvalue weighted by Crippen LogP contribution is -2.45. The monoisotopic (exact) mass is 470 g/mol. The highest BCUT2D eigenvalue weighted by Crippen LogP contribution is 2.22. The summed E-state index contributed by atoms with van der Waals surface area (Å²) >= 11 is 11.0. The minimum absolute atomic E-state index is 0.179. The van der Waals surface area contributed by atoms with Crippen molar-refractivity contribution in [1.82, 2.24) is 5.32 Å². The second-order valence-electron chi connectivity index (χ2n) is 6.16. The van der Waals surface area contributed by atoms with Crippen molar-refractivity contribution in [1.29, 1.82) is 0 Å². The van der Waals surface area contributed by atoms with Gasteiger partial charge in [-0.1, -0.05) is 35.3 Å². The summed E-state index contributed by atoms with van der Waals surface area (Å²) in [6.07, 6.45) is -1.46. The molecule has 2 rings (SSSR count). The Hall–Kier alpha value is -3.21. The fourth-order valence-corrected chi connectivity index (χ4v) is 2.70. The number of halogens is 2. The molecule has 2 atom stereocenters. The Morgan fingerprint density at radius 2 is 1.65 bits per heavy atom. The molecule has 31 heavy (non-hydrogen) atoms.